The lowest BCUT2D eigenvalue weighted by atomic mass is 10.3. The summed E-state index contributed by atoms with van der Waals surface area (Å²) in [5.74, 6) is -0.759. The smallest absolute Gasteiger partial charge is 0.360 e. The van der Waals surface area contributed by atoms with Crippen LogP contribution in [-0.2, 0) is 18.0 Å². The molecule has 0 aliphatic heterocycles. The van der Waals surface area contributed by atoms with Crippen molar-refractivity contribution in [1.82, 2.24) is 19.6 Å². The summed E-state index contributed by atoms with van der Waals surface area (Å²) in [6, 6.07) is 6.54. The Morgan fingerprint density at radius 3 is 2.69 bits per heavy atom. The summed E-state index contributed by atoms with van der Waals surface area (Å²) >= 11 is 12.0. The van der Waals surface area contributed by atoms with Crippen molar-refractivity contribution in [1.29, 1.82) is 0 Å². The lowest BCUT2D eigenvalue weighted by Crippen LogP contribution is -2.16. The van der Waals surface area contributed by atoms with Crippen molar-refractivity contribution < 1.29 is 19.1 Å². The number of aryl methyl sites for hydroxylation is 1. The van der Waals surface area contributed by atoms with E-state index in [1.165, 1.54) is 22.5 Å². The van der Waals surface area contributed by atoms with Crippen LogP contribution < -0.4 is 10.1 Å². The normalized spacial score (nSPS) is 10.6. The molecule has 1 N–H and O–H groups in total. The molecule has 0 bridgehead atoms. The standard InChI is InChI=1S/C18H17Cl2N5O4/c1-3-24-9-13(16(23-24)18(27)28-2)21-17(26)12-7-8-25(22-12)10-29-14-6-4-5-11(19)15(14)20/h4-9H,3,10H2,1-2H3,(H,21,26). The average Bonchev–Trinajstić information content (AvgIpc) is 3.35. The van der Waals surface area contributed by atoms with Crippen LogP contribution in [0.15, 0.2) is 36.7 Å². The highest BCUT2D eigenvalue weighted by atomic mass is 35.5. The van der Waals surface area contributed by atoms with Gasteiger partial charge in [-0.1, -0.05) is 29.3 Å². The van der Waals surface area contributed by atoms with E-state index in [4.69, 9.17) is 32.7 Å². The number of halogens is 2. The molecule has 1 amide bonds. The fourth-order valence-electron chi connectivity index (χ4n) is 2.39. The van der Waals surface area contributed by atoms with Gasteiger partial charge in [0.15, 0.2) is 18.1 Å². The van der Waals surface area contributed by atoms with Gasteiger partial charge in [-0.05, 0) is 25.1 Å². The van der Waals surface area contributed by atoms with Gasteiger partial charge in [-0.15, -0.1) is 0 Å². The number of ether oxygens (including phenoxy) is 2. The minimum atomic E-state index is -0.648. The average molecular weight is 438 g/mol. The van der Waals surface area contributed by atoms with Crippen LogP contribution in [0.25, 0.3) is 0 Å². The zero-order valence-corrected chi connectivity index (χ0v) is 17.1. The van der Waals surface area contributed by atoms with Crippen LogP contribution in [0.2, 0.25) is 10.0 Å². The highest BCUT2D eigenvalue weighted by Crippen LogP contribution is 2.31. The molecule has 0 aliphatic carbocycles. The van der Waals surface area contributed by atoms with E-state index in [0.717, 1.165) is 0 Å². The maximum atomic E-state index is 12.5. The number of amides is 1. The molecular formula is C18H17Cl2N5O4. The van der Waals surface area contributed by atoms with E-state index in [9.17, 15) is 9.59 Å². The molecule has 3 aromatic rings. The molecule has 0 saturated carbocycles. The molecule has 0 aliphatic rings. The predicted octanol–water partition coefficient (Wildman–Crippen LogP) is 3.48. The van der Waals surface area contributed by atoms with Crippen molar-refractivity contribution in [2.45, 2.75) is 20.2 Å². The monoisotopic (exact) mass is 437 g/mol. The fraction of sp³-hybridized carbons (Fsp3) is 0.222. The Labute approximate surface area is 176 Å². The van der Waals surface area contributed by atoms with Crippen molar-refractivity contribution in [3.05, 3.63) is 58.1 Å². The van der Waals surface area contributed by atoms with Gasteiger partial charge in [-0.3, -0.25) is 9.48 Å². The number of nitrogens with zero attached hydrogens (tertiary/aromatic N) is 4. The van der Waals surface area contributed by atoms with Crippen LogP contribution >= 0.6 is 23.2 Å². The Bertz CT molecular complexity index is 1050. The molecule has 0 saturated heterocycles. The largest absolute Gasteiger partial charge is 0.470 e. The summed E-state index contributed by atoms with van der Waals surface area (Å²) in [6.45, 7) is 2.40. The van der Waals surface area contributed by atoms with E-state index in [2.05, 4.69) is 15.5 Å². The van der Waals surface area contributed by atoms with Gasteiger partial charge in [-0.2, -0.15) is 10.2 Å². The van der Waals surface area contributed by atoms with Gasteiger partial charge in [0, 0.05) is 18.9 Å². The first-order valence-corrected chi connectivity index (χ1v) is 9.26. The summed E-state index contributed by atoms with van der Waals surface area (Å²) in [5, 5.41) is 11.5. The number of nitrogens with one attached hydrogen (secondary N) is 1. The lowest BCUT2D eigenvalue weighted by Gasteiger charge is -2.08. The molecular weight excluding hydrogens is 421 g/mol. The van der Waals surface area contributed by atoms with Gasteiger partial charge in [-0.25, -0.2) is 9.48 Å². The van der Waals surface area contributed by atoms with Crippen molar-refractivity contribution in [2.24, 2.45) is 0 Å². The first-order valence-electron chi connectivity index (χ1n) is 8.50. The lowest BCUT2D eigenvalue weighted by molar-refractivity contribution is 0.0594. The van der Waals surface area contributed by atoms with Gasteiger partial charge in [0.1, 0.15) is 10.8 Å². The quantitative estimate of drug-likeness (QED) is 0.567. The molecule has 2 heterocycles. The summed E-state index contributed by atoms with van der Waals surface area (Å²) in [4.78, 5) is 24.4. The number of benzene rings is 1. The molecule has 29 heavy (non-hydrogen) atoms. The van der Waals surface area contributed by atoms with E-state index < -0.39 is 11.9 Å². The molecule has 152 valence electrons. The molecule has 0 radical (unpaired) electrons. The second-order valence-electron chi connectivity index (χ2n) is 5.76. The molecule has 2 aromatic heterocycles. The van der Waals surface area contributed by atoms with E-state index in [1.54, 1.807) is 30.6 Å². The third-order valence-electron chi connectivity index (χ3n) is 3.85. The highest BCUT2D eigenvalue weighted by Gasteiger charge is 2.20. The molecule has 0 unspecified atom stereocenters. The Hall–Kier alpha value is -3.04. The number of anilines is 1. The third-order valence-corrected chi connectivity index (χ3v) is 4.66. The van der Waals surface area contributed by atoms with Crippen LogP contribution in [0, 0.1) is 0 Å². The topological polar surface area (TPSA) is 100 Å². The van der Waals surface area contributed by atoms with Crippen molar-refractivity contribution >= 4 is 40.8 Å². The Kier molecular flexibility index (Phi) is 6.40. The number of hydrogen-bond donors (Lipinski definition) is 1. The highest BCUT2D eigenvalue weighted by molar-refractivity contribution is 6.42. The zero-order valence-electron chi connectivity index (χ0n) is 15.6. The maximum Gasteiger partial charge on any atom is 0.360 e. The van der Waals surface area contributed by atoms with Crippen molar-refractivity contribution in [2.75, 3.05) is 12.4 Å². The molecule has 0 spiro atoms. The molecule has 3 rings (SSSR count). The maximum absolute atomic E-state index is 12.5. The van der Waals surface area contributed by atoms with Gasteiger partial charge in [0.05, 0.1) is 17.8 Å². The van der Waals surface area contributed by atoms with E-state index in [0.29, 0.717) is 22.3 Å². The molecule has 1 aromatic carbocycles. The summed E-state index contributed by atoms with van der Waals surface area (Å²) < 4.78 is 13.2. The number of rotatable bonds is 7. The Balaban J connectivity index is 1.69. The zero-order chi connectivity index (χ0) is 21.0. The number of hydrogen-bond acceptors (Lipinski definition) is 6. The van der Waals surface area contributed by atoms with Gasteiger partial charge in [0.25, 0.3) is 5.91 Å². The number of aromatic nitrogens is 4. The number of esters is 1. The summed E-state index contributed by atoms with van der Waals surface area (Å²) in [7, 11) is 1.24. The van der Waals surface area contributed by atoms with Crippen molar-refractivity contribution in [3.63, 3.8) is 0 Å². The van der Waals surface area contributed by atoms with E-state index in [-0.39, 0.29) is 23.8 Å². The van der Waals surface area contributed by atoms with E-state index in [1.807, 2.05) is 6.92 Å². The van der Waals surface area contributed by atoms with Crippen LogP contribution in [0.3, 0.4) is 0 Å². The van der Waals surface area contributed by atoms with Crippen LogP contribution in [0.5, 0.6) is 5.75 Å². The minimum Gasteiger partial charge on any atom is -0.470 e. The van der Waals surface area contributed by atoms with Gasteiger partial charge in [0.2, 0.25) is 0 Å². The number of carbonyl (C=O) groups excluding carboxylic acids is 2. The second kappa shape index (κ2) is 8.97. The Morgan fingerprint density at radius 2 is 1.97 bits per heavy atom. The van der Waals surface area contributed by atoms with Gasteiger partial charge >= 0.3 is 5.97 Å². The molecule has 11 heteroatoms. The minimum absolute atomic E-state index is 0.0149. The molecule has 0 atom stereocenters. The van der Waals surface area contributed by atoms with Crippen LogP contribution in [0.4, 0.5) is 5.69 Å². The third kappa shape index (κ3) is 4.69. The van der Waals surface area contributed by atoms with E-state index >= 15 is 0 Å². The van der Waals surface area contributed by atoms with Gasteiger partial charge < -0.3 is 14.8 Å². The summed E-state index contributed by atoms with van der Waals surface area (Å²) in [5.41, 5.74) is 0.382. The fourth-order valence-corrected chi connectivity index (χ4v) is 2.74. The second-order valence-corrected chi connectivity index (χ2v) is 6.54. The molecule has 0 fully saturated rings. The SMILES string of the molecule is CCn1cc(NC(=O)c2ccn(COc3cccc(Cl)c3Cl)n2)c(C(=O)OC)n1. The Morgan fingerprint density at radius 1 is 1.17 bits per heavy atom. The van der Waals surface area contributed by atoms with Crippen LogP contribution in [-0.4, -0.2) is 38.5 Å². The molecule has 9 nitrogen and oxygen atoms in total. The summed E-state index contributed by atoms with van der Waals surface area (Å²) in [6.07, 6.45) is 3.12. The number of carbonyl (C=O) groups is 2. The predicted molar refractivity (Wildman–Crippen MR) is 107 cm³/mol. The first kappa shape index (κ1) is 20.7. The van der Waals surface area contributed by atoms with Crippen LogP contribution in [0.1, 0.15) is 27.9 Å². The first-order chi connectivity index (χ1) is 13.9. The van der Waals surface area contributed by atoms with Crippen molar-refractivity contribution in [3.8, 4) is 5.75 Å². The number of methoxy groups -OCH3 is 1.